The number of benzene rings is 1. The molecule has 0 spiro atoms. The van der Waals surface area contributed by atoms with Gasteiger partial charge >= 0.3 is 0 Å². The van der Waals surface area contributed by atoms with E-state index in [4.69, 9.17) is 31.2 Å². The standard InChI is InChI=1S/C17H21ClN2O4/c1-10-4-5-14(24-10)11(2)20-8-12-6-13(18)17(15(7-12)22-3)23-9-16(19)21/h4-7,11,20H,8-9H2,1-3H3,(H2,19,21). The smallest absolute Gasteiger partial charge is 0.255 e. The van der Waals surface area contributed by atoms with E-state index >= 15 is 0 Å². The number of ether oxygens (including phenoxy) is 2. The number of hydrogen-bond acceptors (Lipinski definition) is 5. The molecule has 1 atom stereocenters. The first-order valence-corrected chi connectivity index (χ1v) is 7.85. The van der Waals surface area contributed by atoms with Crippen molar-refractivity contribution in [2.75, 3.05) is 13.7 Å². The zero-order valence-corrected chi connectivity index (χ0v) is 14.6. The monoisotopic (exact) mass is 352 g/mol. The van der Waals surface area contributed by atoms with Crippen LogP contribution in [0.15, 0.2) is 28.7 Å². The molecule has 130 valence electrons. The maximum atomic E-state index is 10.9. The average molecular weight is 353 g/mol. The van der Waals surface area contributed by atoms with Crippen LogP contribution in [0.4, 0.5) is 0 Å². The van der Waals surface area contributed by atoms with Crippen molar-refractivity contribution < 1.29 is 18.7 Å². The van der Waals surface area contributed by atoms with Crippen molar-refractivity contribution in [3.05, 3.63) is 46.4 Å². The number of amides is 1. The number of carbonyl (C=O) groups excluding carboxylic acids is 1. The minimum absolute atomic E-state index is 0.0502. The zero-order valence-electron chi connectivity index (χ0n) is 13.9. The van der Waals surface area contributed by atoms with Crippen LogP contribution in [0.5, 0.6) is 11.5 Å². The lowest BCUT2D eigenvalue weighted by molar-refractivity contribution is -0.119. The summed E-state index contributed by atoms with van der Waals surface area (Å²) in [7, 11) is 1.51. The summed E-state index contributed by atoms with van der Waals surface area (Å²) in [6.45, 7) is 4.22. The first-order valence-electron chi connectivity index (χ1n) is 7.48. The molecule has 3 N–H and O–H groups in total. The third kappa shape index (κ3) is 4.66. The minimum Gasteiger partial charge on any atom is -0.493 e. The predicted octanol–water partition coefficient (Wildman–Crippen LogP) is 2.96. The van der Waals surface area contributed by atoms with E-state index in [1.54, 1.807) is 12.1 Å². The lowest BCUT2D eigenvalue weighted by atomic mass is 10.1. The van der Waals surface area contributed by atoms with Crippen molar-refractivity contribution >= 4 is 17.5 Å². The van der Waals surface area contributed by atoms with Crippen molar-refractivity contribution in [2.45, 2.75) is 26.4 Å². The molecule has 2 rings (SSSR count). The summed E-state index contributed by atoms with van der Waals surface area (Å²) in [6, 6.07) is 7.48. The first kappa shape index (κ1) is 18.2. The van der Waals surface area contributed by atoms with E-state index in [0.29, 0.717) is 23.1 Å². The molecule has 0 aliphatic rings. The van der Waals surface area contributed by atoms with E-state index in [0.717, 1.165) is 17.1 Å². The van der Waals surface area contributed by atoms with E-state index < -0.39 is 5.91 Å². The van der Waals surface area contributed by atoms with Gasteiger partial charge < -0.3 is 24.9 Å². The topological polar surface area (TPSA) is 86.7 Å². The number of rotatable bonds is 8. The van der Waals surface area contributed by atoms with Gasteiger partial charge in [0.05, 0.1) is 18.2 Å². The van der Waals surface area contributed by atoms with Crippen LogP contribution in [-0.4, -0.2) is 19.6 Å². The fraction of sp³-hybridized carbons (Fsp3) is 0.353. The number of aryl methyl sites for hydroxylation is 1. The van der Waals surface area contributed by atoms with Gasteiger partial charge in [-0.25, -0.2) is 0 Å². The Morgan fingerprint density at radius 2 is 2.17 bits per heavy atom. The van der Waals surface area contributed by atoms with Gasteiger partial charge in [-0.2, -0.15) is 0 Å². The molecule has 0 saturated carbocycles. The lowest BCUT2D eigenvalue weighted by Gasteiger charge is -2.15. The lowest BCUT2D eigenvalue weighted by Crippen LogP contribution is -2.20. The molecule has 1 aromatic carbocycles. The Bertz CT molecular complexity index is 715. The van der Waals surface area contributed by atoms with Crippen LogP contribution in [0, 0.1) is 6.92 Å². The summed E-state index contributed by atoms with van der Waals surface area (Å²) in [5.41, 5.74) is 6.00. The fourth-order valence-corrected chi connectivity index (χ4v) is 2.50. The van der Waals surface area contributed by atoms with Gasteiger partial charge in [0.25, 0.3) is 5.91 Å². The van der Waals surface area contributed by atoms with Crippen LogP contribution >= 0.6 is 11.6 Å². The summed E-state index contributed by atoms with van der Waals surface area (Å²) >= 11 is 6.23. The molecule has 2 aromatic rings. The highest BCUT2D eigenvalue weighted by Gasteiger charge is 2.14. The van der Waals surface area contributed by atoms with Crippen LogP contribution in [0.1, 0.15) is 30.0 Å². The van der Waals surface area contributed by atoms with Gasteiger partial charge in [-0.3, -0.25) is 4.79 Å². The first-order chi connectivity index (χ1) is 11.4. The van der Waals surface area contributed by atoms with Gasteiger partial charge in [-0.15, -0.1) is 0 Å². The normalized spacial score (nSPS) is 12.0. The number of nitrogens with one attached hydrogen (secondary N) is 1. The second-order valence-electron chi connectivity index (χ2n) is 5.42. The maximum absolute atomic E-state index is 10.9. The third-order valence-electron chi connectivity index (χ3n) is 3.45. The van der Waals surface area contributed by atoms with Crippen LogP contribution in [-0.2, 0) is 11.3 Å². The summed E-state index contributed by atoms with van der Waals surface area (Å²) in [6.07, 6.45) is 0. The highest BCUT2D eigenvalue weighted by atomic mass is 35.5. The Kier molecular flexibility index (Phi) is 6.11. The van der Waals surface area contributed by atoms with Gasteiger partial charge in [0.1, 0.15) is 11.5 Å². The van der Waals surface area contributed by atoms with Crippen molar-refractivity contribution in [3.63, 3.8) is 0 Å². The van der Waals surface area contributed by atoms with Crippen LogP contribution in [0.3, 0.4) is 0 Å². The molecule has 0 bridgehead atoms. The molecule has 1 amide bonds. The second kappa shape index (κ2) is 8.08. The molecule has 0 radical (unpaired) electrons. The van der Waals surface area contributed by atoms with Crippen LogP contribution in [0.2, 0.25) is 5.02 Å². The molecule has 0 aliphatic carbocycles. The number of carbonyl (C=O) groups is 1. The van der Waals surface area contributed by atoms with E-state index in [2.05, 4.69) is 5.32 Å². The summed E-state index contributed by atoms with van der Waals surface area (Å²) < 4.78 is 16.2. The molecule has 1 aromatic heterocycles. The van der Waals surface area contributed by atoms with Gasteiger partial charge in [0.15, 0.2) is 18.1 Å². The SMILES string of the molecule is COc1cc(CNC(C)c2ccc(C)o2)cc(Cl)c1OCC(N)=O. The molecule has 0 saturated heterocycles. The number of furan rings is 1. The Morgan fingerprint density at radius 3 is 2.75 bits per heavy atom. The Balaban J connectivity index is 2.07. The summed E-state index contributed by atoms with van der Waals surface area (Å²) in [5.74, 6) is 1.91. The molecule has 24 heavy (non-hydrogen) atoms. The van der Waals surface area contributed by atoms with Gasteiger partial charge in [0.2, 0.25) is 0 Å². The third-order valence-corrected chi connectivity index (χ3v) is 3.73. The fourth-order valence-electron chi connectivity index (χ4n) is 2.22. The molecule has 6 nitrogen and oxygen atoms in total. The van der Waals surface area contributed by atoms with Crippen LogP contribution < -0.4 is 20.5 Å². The number of hydrogen-bond donors (Lipinski definition) is 2. The molecule has 0 aliphatic heterocycles. The molecular formula is C17H21ClN2O4. The number of primary amides is 1. The van der Waals surface area contributed by atoms with Crippen molar-refractivity contribution in [3.8, 4) is 11.5 Å². The highest BCUT2D eigenvalue weighted by molar-refractivity contribution is 6.32. The summed E-state index contributed by atoms with van der Waals surface area (Å²) in [5, 5.41) is 3.71. The van der Waals surface area contributed by atoms with Gasteiger partial charge in [-0.1, -0.05) is 11.6 Å². The van der Waals surface area contributed by atoms with Crippen molar-refractivity contribution in [1.82, 2.24) is 5.32 Å². The second-order valence-corrected chi connectivity index (χ2v) is 5.82. The van der Waals surface area contributed by atoms with Gasteiger partial charge in [0, 0.05) is 6.54 Å². The average Bonchev–Trinajstić information content (AvgIpc) is 2.97. The minimum atomic E-state index is -0.582. The van der Waals surface area contributed by atoms with E-state index in [9.17, 15) is 4.79 Å². The Morgan fingerprint density at radius 1 is 1.42 bits per heavy atom. The zero-order chi connectivity index (χ0) is 17.7. The van der Waals surface area contributed by atoms with E-state index in [1.165, 1.54) is 7.11 Å². The number of methoxy groups -OCH3 is 1. The van der Waals surface area contributed by atoms with E-state index in [1.807, 2.05) is 26.0 Å². The molecular weight excluding hydrogens is 332 g/mol. The van der Waals surface area contributed by atoms with Crippen molar-refractivity contribution in [2.24, 2.45) is 5.73 Å². The highest BCUT2D eigenvalue weighted by Crippen LogP contribution is 2.36. The van der Waals surface area contributed by atoms with Crippen molar-refractivity contribution in [1.29, 1.82) is 0 Å². The molecule has 0 fully saturated rings. The van der Waals surface area contributed by atoms with Gasteiger partial charge in [-0.05, 0) is 43.7 Å². The summed E-state index contributed by atoms with van der Waals surface area (Å²) in [4.78, 5) is 10.9. The predicted molar refractivity (Wildman–Crippen MR) is 91.4 cm³/mol. The largest absolute Gasteiger partial charge is 0.493 e. The van der Waals surface area contributed by atoms with E-state index in [-0.39, 0.29) is 12.6 Å². The quantitative estimate of drug-likeness (QED) is 0.762. The molecule has 1 unspecified atom stereocenters. The molecule has 1 heterocycles. The number of halogens is 1. The molecule has 7 heteroatoms. The number of nitrogens with two attached hydrogens (primary N) is 1. The Labute approximate surface area is 145 Å². The maximum Gasteiger partial charge on any atom is 0.255 e. The Hall–Kier alpha value is -2.18. The van der Waals surface area contributed by atoms with Crippen LogP contribution in [0.25, 0.3) is 0 Å².